The van der Waals surface area contributed by atoms with Crippen molar-refractivity contribution >= 4 is 39.3 Å². The first-order valence-corrected chi connectivity index (χ1v) is 15.4. The van der Waals surface area contributed by atoms with Gasteiger partial charge in [-0.05, 0) is 73.7 Å². The minimum atomic E-state index is -4.13. The fourth-order valence-electron chi connectivity index (χ4n) is 4.15. The van der Waals surface area contributed by atoms with Crippen LogP contribution in [-0.2, 0) is 26.2 Å². The Hall–Kier alpha value is -3.50. The van der Waals surface area contributed by atoms with E-state index in [-0.39, 0.29) is 17.3 Å². The third kappa shape index (κ3) is 7.54. The second-order valence-electron chi connectivity index (χ2n) is 8.66. The molecule has 2 amide bonds. The van der Waals surface area contributed by atoms with E-state index in [1.165, 1.54) is 35.8 Å². The predicted molar refractivity (Wildman–Crippen MR) is 156 cm³/mol. The van der Waals surface area contributed by atoms with Crippen LogP contribution in [0.2, 0.25) is 0 Å². The summed E-state index contributed by atoms with van der Waals surface area (Å²) in [6, 6.07) is 21.6. The van der Waals surface area contributed by atoms with E-state index in [2.05, 4.69) is 5.32 Å². The first-order valence-electron chi connectivity index (χ1n) is 12.7. The predicted octanol–water partition coefficient (Wildman–Crippen LogP) is 4.56. The van der Waals surface area contributed by atoms with Crippen molar-refractivity contribution in [2.24, 2.45) is 0 Å². The van der Waals surface area contributed by atoms with Gasteiger partial charge >= 0.3 is 0 Å². The summed E-state index contributed by atoms with van der Waals surface area (Å²) in [5.41, 5.74) is 1.14. The molecule has 208 valence electrons. The van der Waals surface area contributed by atoms with Crippen LogP contribution in [0.3, 0.4) is 0 Å². The van der Waals surface area contributed by atoms with Crippen molar-refractivity contribution in [3.05, 3.63) is 84.4 Å². The lowest BCUT2D eigenvalue weighted by molar-refractivity contribution is -0.140. The zero-order chi connectivity index (χ0) is 28.4. The van der Waals surface area contributed by atoms with Crippen LogP contribution >= 0.6 is 11.8 Å². The minimum Gasteiger partial charge on any atom is -0.494 e. The minimum absolute atomic E-state index is 0.0648. The van der Waals surface area contributed by atoms with Crippen LogP contribution in [0.25, 0.3) is 0 Å². The third-order valence-corrected chi connectivity index (χ3v) is 8.72. The van der Waals surface area contributed by atoms with Crippen molar-refractivity contribution in [1.82, 2.24) is 10.2 Å². The topological polar surface area (TPSA) is 96.0 Å². The van der Waals surface area contributed by atoms with Gasteiger partial charge in [-0.1, -0.05) is 37.3 Å². The molecular formula is C29H35N3O5S2. The number of benzene rings is 3. The first kappa shape index (κ1) is 30.0. The van der Waals surface area contributed by atoms with Gasteiger partial charge in [-0.25, -0.2) is 8.42 Å². The molecule has 3 aromatic carbocycles. The summed E-state index contributed by atoms with van der Waals surface area (Å²) in [4.78, 5) is 29.1. The van der Waals surface area contributed by atoms with Gasteiger partial charge in [0.15, 0.2) is 0 Å². The van der Waals surface area contributed by atoms with Gasteiger partial charge in [-0.2, -0.15) is 0 Å². The largest absolute Gasteiger partial charge is 0.494 e. The van der Waals surface area contributed by atoms with Crippen molar-refractivity contribution in [1.29, 1.82) is 0 Å². The van der Waals surface area contributed by atoms with Crippen molar-refractivity contribution in [2.45, 2.75) is 42.6 Å². The number of anilines is 1. The van der Waals surface area contributed by atoms with Gasteiger partial charge in [-0.15, -0.1) is 11.8 Å². The molecule has 0 heterocycles. The van der Waals surface area contributed by atoms with Gasteiger partial charge < -0.3 is 15.0 Å². The van der Waals surface area contributed by atoms with E-state index in [0.717, 1.165) is 14.8 Å². The molecule has 0 aromatic heterocycles. The van der Waals surface area contributed by atoms with E-state index >= 15 is 0 Å². The molecule has 0 saturated carbocycles. The quantitative estimate of drug-likeness (QED) is 0.303. The highest BCUT2D eigenvalue weighted by molar-refractivity contribution is 7.98. The maximum absolute atomic E-state index is 13.9. The van der Waals surface area contributed by atoms with Gasteiger partial charge in [0.1, 0.15) is 18.3 Å². The Labute approximate surface area is 235 Å². The van der Waals surface area contributed by atoms with Crippen molar-refractivity contribution in [3.8, 4) is 5.75 Å². The van der Waals surface area contributed by atoms with Gasteiger partial charge in [0.25, 0.3) is 10.0 Å². The number of thioether (sulfide) groups is 1. The molecule has 0 spiro atoms. The Morgan fingerprint density at radius 1 is 0.949 bits per heavy atom. The molecule has 0 unspecified atom stereocenters. The fraction of sp³-hybridized carbons (Fsp3) is 0.310. The number of likely N-dealkylation sites (N-methyl/N-ethyl adjacent to an activating group) is 1. The fourth-order valence-corrected chi connectivity index (χ4v) is 5.97. The second kappa shape index (κ2) is 14.0. The number of rotatable bonds is 13. The maximum Gasteiger partial charge on any atom is 0.264 e. The number of sulfonamides is 1. The zero-order valence-corrected chi connectivity index (χ0v) is 24.3. The second-order valence-corrected chi connectivity index (χ2v) is 11.4. The third-order valence-electron chi connectivity index (χ3n) is 6.19. The van der Waals surface area contributed by atoms with Crippen LogP contribution in [0.15, 0.2) is 88.7 Å². The van der Waals surface area contributed by atoms with Gasteiger partial charge in [0, 0.05) is 18.5 Å². The molecule has 0 aliphatic carbocycles. The molecule has 1 atom stereocenters. The molecule has 8 nitrogen and oxygen atoms in total. The molecule has 3 aromatic rings. The van der Waals surface area contributed by atoms with E-state index in [1.54, 1.807) is 36.4 Å². The molecule has 0 radical (unpaired) electrons. The summed E-state index contributed by atoms with van der Waals surface area (Å²) in [7, 11) is -2.61. The number of nitrogens with zero attached hydrogens (tertiary/aromatic N) is 2. The van der Waals surface area contributed by atoms with Crippen molar-refractivity contribution < 1.29 is 22.7 Å². The highest BCUT2D eigenvalue weighted by atomic mass is 32.2. The lowest BCUT2D eigenvalue weighted by atomic mass is 10.1. The average Bonchev–Trinajstić information content (AvgIpc) is 2.96. The monoisotopic (exact) mass is 569 g/mol. The number of nitrogens with one attached hydrogen (secondary N) is 1. The molecule has 0 fully saturated rings. The Morgan fingerprint density at radius 2 is 1.59 bits per heavy atom. The SMILES string of the molecule is CCOc1ccc(N(CC(=O)N(Cc2ccccc2)[C@H](CC)C(=O)NC)S(=O)(=O)c2ccc(SC)cc2)cc1. The van der Waals surface area contributed by atoms with Crippen LogP contribution in [0, 0.1) is 0 Å². The molecule has 3 rings (SSSR count). The Kier molecular flexibility index (Phi) is 10.8. The number of carbonyl (C=O) groups is 2. The number of hydrogen-bond acceptors (Lipinski definition) is 6. The van der Waals surface area contributed by atoms with Crippen molar-refractivity contribution in [3.63, 3.8) is 0 Å². The van der Waals surface area contributed by atoms with E-state index in [1.807, 2.05) is 50.4 Å². The van der Waals surface area contributed by atoms with Crippen LogP contribution in [0.4, 0.5) is 5.69 Å². The van der Waals surface area contributed by atoms with Crippen LogP contribution in [0.1, 0.15) is 25.8 Å². The molecule has 0 saturated heterocycles. The Balaban J connectivity index is 2.05. The van der Waals surface area contributed by atoms with Crippen LogP contribution in [0.5, 0.6) is 5.75 Å². The molecule has 0 aliphatic heterocycles. The van der Waals surface area contributed by atoms with E-state index in [9.17, 15) is 18.0 Å². The molecule has 10 heteroatoms. The average molecular weight is 570 g/mol. The summed E-state index contributed by atoms with van der Waals surface area (Å²) in [6.07, 6.45) is 2.27. The van der Waals surface area contributed by atoms with Crippen molar-refractivity contribution in [2.75, 3.05) is 30.8 Å². The number of carbonyl (C=O) groups excluding carboxylic acids is 2. The van der Waals surface area contributed by atoms with Gasteiger partial charge in [-0.3, -0.25) is 13.9 Å². The normalized spacial score (nSPS) is 11.9. The molecular weight excluding hydrogens is 534 g/mol. The Morgan fingerprint density at radius 3 is 2.13 bits per heavy atom. The zero-order valence-electron chi connectivity index (χ0n) is 22.7. The van der Waals surface area contributed by atoms with E-state index in [4.69, 9.17) is 4.74 Å². The summed E-state index contributed by atoms with van der Waals surface area (Å²) in [5, 5.41) is 2.63. The molecule has 0 bridgehead atoms. The van der Waals surface area contributed by atoms with Gasteiger partial charge in [0.05, 0.1) is 17.2 Å². The van der Waals surface area contributed by atoms with Gasteiger partial charge in [0.2, 0.25) is 11.8 Å². The molecule has 0 aliphatic rings. The summed E-state index contributed by atoms with van der Waals surface area (Å²) in [6.45, 7) is 3.82. The van der Waals surface area contributed by atoms with E-state index in [0.29, 0.717) is 24.5 Å². The summed E-state index contributed by atoms with van der Waals surface area (Å²) >= 11 is 1.50. The molecule has 39 heavy (non-hydrogen) atoms. The smallest absolute Gasteiger partial charge is 0.264 e. The van der Waals surface area contributed by atoms with E-state index < -0.39 is 28.5 Å². The maximum atomic E-state index is 13.9. The van der Waals surface area contributed by atoms with Crippen LogP contribution in [-0.4, -0.2) is 57.6 Å². The number of amides is 2. The standard InChI is InChI=1S/C29H35N3O5S2/c1-5-27(29(34)30-3)31(20-22-10-8-7-9-11-22)28(33)21-32(23-12-14-24(15-13-23)37-6-2)39(35,36)26-18-16-25(38-4)17-19-26/h7-19,27H,5-6,20-21H2,1-4H3,(H,30,34)/t27-/m1/s1. The molecule has 1 N–H and O–H groups in total. The number of hydrogen-bond donors (Lipinski definition) is 1. The lowest BCUT2D eigenvalue weighted by Gasteiger charge is -2.33. The van der Waals surface area contributed by atoms with Crippen LogP contribution < -0.4 is 14.4 Å². The summed E-state index contributed by atoms with van der Waals surface area (Å²) in [5.74, 6) is -0.219. The highest BCUT2D eigenvalue weighted by Gasteiger charge is 2.33. The highest BCUT2D eigenvalue weighted by Crippen LogP contribution is 2.28. The number of ether oxygens (including phenoxy) is 1. The first-order chi connectivity index (χ1) is 18.7. The summed E-state index contributed by atoms with van der Waals surface area (Å²) < 4.78 is 34.5. The lowest BCUT2D eigenvalue weighted by Crippen LogP contribution is -2.51. The Bertz CT molecular complexity index is 1330.